The number of hydrogen-bond acceptors (Lipinski definition) is 5. The Balaban J connectivity index is 1.56. The lowest BCUT2D eigenvalue weighted by atomic mass is 10.1. The summed E-state index contributed by atoms with van der Waals surface area (Å²) in [5, 5.41) is 10.9. The Hall–Kier alpha value is -3.81. The molecule has 4 rings (SSSR count). The standard InChI is InChI=1S/C21H20N6O2/c1-14-8-9-15(2)17(10-14)23-18(28)12-26-13-22-20-19(21(26)29)24-25-27(20)11-16-6-4-3-5-7-16/h3-10,13H,11-12H2,1-2H3,(H,23,28). The second-order valence-electron chi connectivity index (χ2n) is 6.95. The van der Waals surface area contributed by atoms with Crippen molar-refractivity contribution in [3.05, 3.63) is 81.9 Å². The molecule has 4 aromatic rings. The number of aryl methyl sites for hydroxylation is 2. The van der Waals surface area contributed by atoms with Gasteiger partial charge in [-0.2, -0.15) is 0 Å². The van der Waals surface area contributed by atoms with Gasteiger partial charge >= 0.3 is 0 Å². The van der Waals surface area contributed by atoms with Crippen LogP contribution in [0.2, 0.25) is 0 Å². The molecule has 146 valence electrons. The zero-order valence-corrected chi connectivity index (χ0v) is 16.2. The maximum atomic E-state index is 12.7. The van der Waals surface area contributed by atoms with E-state index in [0.717, 1.165) is 22.4 Å². The van der Waals surface area contributed by atoms with Gasteiger partial charge in [0.1, 0.15) is 12.9 Å². The first-order valence-electron chi connectivity index (χ1n) is 9.21. The van der Waals surface area contributed by atoms with E-state index in [4.69, 9.17) is 0 Å². The topological polar surface area (TPSA) is 94.7 Å². The van der Waals surface area contributed by atoms with Crippen LogP contribution in [0.15, 0.2) is 59.7 Å². The third-order valence-corrected chi connectivity index (χ3v) is 4.65. The van der Waals surface area contributed by atoms with Gasteiger partial charge in [-0.25, -0.2) is 9.67 Å². The summed E-state index contributed by atoms with van der Waals surface area (Å²) in [6.07, 6.45) is 1.36. The molecule has 29 heavy (non-hydrogen) atoms. The van der Waals surface area contributed by atoms with Crippen LogP contribution in [0, 0.1) is 13.8 Å². The van der Waals surface area contributed by atoms with Crippen molar-refractivity contribution in [2.24, 2.45) is 0 Å². The van der Waals surface area contributed by atoms with E-state index >= 15 is 0 Å². The van der Waals surface area contributed by atoms with Gasteiger partial charge in [0.2, 0.25) is 5.91 Å². The molecular formula is C21H20N6O2. The molecule has 0 atom stereocenters. The van der Waals surface area contributed by atoms with Crippen LogP contribution in [0.3, 0.4) is 0 Å². The number of nitrogens with one attached hydrogen (secondary N) is 1. The molecule has 8 nitrogen and oxygen atoms in total. The van der Waals surface area contributed by atoms with Crippen LogP contribution in [0.4, 0.5) is 5.69 Å². The molecule has 0 saturated heterocycles. The van der Waals surface area contributed by atoms with Gasteiger partial charge in [0.05, 0.1) is 6.54 Å². The lowest BCUT2D eigenvalue weighted by molar-refractivity contribution is -0.116. The van der Waals surface area contributed by atoms with Crippen LogP contribution in [0.25, 0.3) is 11.2 Å². The molecule has 0 aliphatic heterocycles. The Bertz CT molecular complexity index is 1240. The van der Waals surface area contributed by atoms with E-state index in [-0.39, 0.29) is 18.0 Å². The number of anilines is 1. The third kappa shape index (κ3) is 3.91. The van der Waals surface area contributed by atoms with Crippen molar-refractivity contribution in [1.82, 2.24) is 24.5 Å². The number of hydrogen-bond donors (Lipinski definition) is 1. The molecule has 0 unspecified atom stereocenters. The van der Waals surface area contributed by atoms with E-state index in [1.807, 2.05) is 62.4 Å². The molecule has 0 saturated carbocycles. The van der Waals surface area contributed by atoms with E-state index in [1.54, 1.807) is 4.68 Å². The summed E-state index contributed by atoms with van der Waals surface area (Å²) >= 11 is 0. The Morgan fingerprint density at radius 2 is 1.90 bits per heavy atom. The zero-order valence-electron chi connectivity index (χ0n) is 16.2. The highest BCUT2D eigenvalue weighted by molar-refractivity contribution is 5.91. The lowest BCUT2D eigenvalue weighted by Gasteiger charge is -2.10. The van der Waals surface area contributed by atoms with Crippen LogP contribution < -0.4 is 10.9 Å². The minimum absolute atomic E-state index is 0.142. The second kappa shape index (κ2) is 7.67. The van der Waals surface area contributed by atoms with Crippen LogP contribution in [0.5, 0.6) is 0 Å². The Morgan fingerprint density at radius 1 is 1.10 bits per heavy atom. The van der Waals surface area contributed by atoms with Crippen molar-refractivity contribution >= 4 is 22.8 Å². The first-order chi connectivity index (χ1) is 14.0. The number of nitrogens with zero attached hydrogens (tertiary/aromatic N) is 5. The molecule has 0 aliphatic rings. The average molecular weight is 388 g/mol. The first kappa shape index (κ1) is 18.5. The fraction of sp³-hybridized carbons (Fsp3) is 0.190. The molecule has 8 heteroatoms. The number of aromatic nitrogens is 5. The number of amides is 1. The monoisotopic (exact) mass is 388 g/mol. The van der Waals surface area contributed by atoms with Gasteiger partial charge in [-0.3, -0.25) is 14.2 Å². The summed E-state index contributed by atoms with van der Waals surface area (Å²) in [6, 6.07) is 15.5. The quantitative estimate of drug-likeness (QED) is 0.566. The highest BCUT2D eigenvalue weighted by atomic mass is 16.2. The predicted molar refractivity (Wildman–Crippen MR) is 110 cm³/mol. The summed E-state index contributed by atoms with van der Waals surface area (Å²) in [7, 11) is 0. The Labute approximate surface area is 166 Å². The molecule has 1 N–H and O–H groups in total. The number of benzene rings is 2. The summed E-state index contributed by atoms with van der Waals surface area (Å²) in [5.41, 5.74) is 3.89. The minimum atomic E-state index is -0.398. The largest absolute Gasteiger partial charge is 0.324 e. The van der Waals surface area contributed by atoms with Gasteiger partial charge in [0, 0.05) is 5.69 Å². The van der Waals surface area contributed by atoms with E-state index in [2.05, 4.69) is 20.6 Å². The van der Waals surface area contributed by atoms with E-state index in [9.17, 15) is 9.59 Å². The van der Waals surface area contributed by atoms with E-state index in [1.165, 1.54) is 10.9 Å². The molecule has 2 aromatic heterocycles. The maximum absolute atomic E-state index is 12.7. The van der Waals surface area contributed by atoms with Crippen molar-refractivity contribution in [3.8, 4) is 0 Å². The number of fused-ring (bicyclic) bond motifs is 1. The summed E-state index contributed by atoms with van der Waals surface area (Å²) < 4.78 is 2.82. The normalized spacial score (nSPS) is 11.0. The predicted octanol–water partition coefficient (Wildman–Crippen LogP) is 2.29. The van der Waals surface area contributed by atoms with Gasteiger partial charge in [-0.1, -0.05) is 47.7 Å². The highest BCUT2D eigenvalue weighted by Gasteiger charge is 2.14. The molecular weight excluding hydrogens is 368 g/mol. The van der Waals surface area contributed by atoms with Gasteiger partial charge in [0.25, 0.3) is 5.56 Å². The Morgan fingerprint density at radius 3 is 2.69 bits per heavy atom. The van der Waals surface area contributed by atoms with Crippen LogP contribution in [-0.2, 0) is 17.9 Å². The summed E-state index contributed by atoms with van der Waals surface area (Å²) in [5.74, 6) is -0.307. The second-order valence-corrected chi connectivity index (χ2v) is 6.95. The molecule has 0 spiro atoms. The fourth-order valence-electron chi connectivity index (χ4n) is 3.08. The molecule has 2 aromatic carbocycles. The van der Waals surface area contributed by atoms with Crippen LogP contribution in [-0.4, -0.2) is 30.5 Å². The van der Waals surface area contributed by atoms with Gasteiger partial charge in [-0.05, 0) is 36.6 Å². The van der Waals surface area contributed by atoms with Crippen LogP contribution >= 0.6 is 0 Å². The van der Waals surface area contributed by atoms with Crippen molar-refractivity contribution < 1.29 is 4.79 Å². The molecule has 2 heterocycles. The van der Waals surface area contributed by atoms with Crippen LogP contribution in [0.1, 0.15) is 16.7 Å². The molecule has 0 aliphatic carbocycles. The summed E-state index contributed by atoms with van der Waals surface area (Å²) in [6.45, 7) is 4.18. The minimum Gasteiger partial charge on any atom is -0.324 e. The zero-order chi connectivity index (χ0) is 20.4. The van der Waals surface area contributed by atoms with Crippen molar-refractivity contribution in [2.45, 2.75) is 26.9 Å². The van der Waals surface area contributed by atoms with Gasteiger partial charge in [-0.15, -0.1) is 5.10 Å². The van der Waals surface area contributed by atoms with E-state index in [0.29, 0.717) is 12.2 Å². The first-order valence-corrected chi connectivity index (χ1v) is 9.21. The van der Waals surface area contributed by atoms with E-state index < -0.39 is 5.56 Å². The lowest BCUT2D eigenvalue weighted by Crippen LogP contribution is -2.28. The van der Waals surface area contributed by atoms with Gasteiger partial charge in [0.15, 0.2) is 11.2 Å². The maximum Gasteiger partial charge on any atom is 0.283 e. The molecule has 1 amide bonds. The molecule has 0 bridgehead atoms. The molecule has 0 radical (unpaired) electrons. The number of rotatable bonds is 5. The number of carbonyl (C=O) groups excluding carboxylic acids is 1. The fourth-order valence-corrected chi connectivity index (χ4v) is 3.08. The highest BCUT2D eigenvalue weighted by Crippen LogP contribution is 2.16. The van der Waals surface area contributed by atoms with Crippen molar-refractivity contribution in [1.29, 1.82) is 0 Å². The summed E-state index contributed by atoms with van der Waals surface area (Å²) in [4.78, 5) is 29.5. The smallest absolute Gasteiger partial charge is 0.283 e. The average Bonchev–Trinajstić information content (AvgIpc) is 3.11. The Kier molecular flexibility index (Phi) is 4.90. The molecule has 0 fully saturated rings. The third-order valence-electron chi connectivity index (χ3n) is 4.65. The number of carbonyl (C=O) groups is 1. The SMILES string of the molecule is Cc1ccc(C)c(NC(=O)Cn2cnc3c(nnn3Cc3ccccc3)c2=O)c1. The van der Waals surface area contributed by atoms with Crippen molar-refractivity contribution in [3.63, 3.8) is 0 Å². The van der Waals surface area contributed by atoms with Crippen molar-refractivity contribution in [2.75, 3.05) is 5.32 Å². The van der Waals surface area contributed by atoms with Gasteiger partial charge < -0.3 is 5.32 Å².